The summed E-state index contributed by atoms with van der Waals surface area (Å²) in [6.45, 7) is 3.04. The van der Waals surface area contributed by atoms with E-state index in [2.05, 4.69) is 10.6 Å². The largest absolute Gasteiger partial charge is 0.454 e. The zero-order chi connectivity index (χ0) is 19.7. The van der Waals surface area contributed by atoms with Gasteiger partial charge in [0.15, 0.2) is 6.61 Å². The van der Waals surface area contributed by atoms with Gasteiger partial charge in [0.05, 0.1) is 4.92 Å². The number of esters is 1. The van der Waals surface area contributed by atoms with Crippen LogP contribution in [0, 0.1) is 16.0 Å². The van der Waals surface area contributed by atoms with Crippen molar-refractivity contribution in [3.8, 4) is 0 Å². The van der Waals surface area contributed by atoms with Crippen molar-refractivity contribution in [1.82, 2.24) is 5.32 Å². The highest BCUT2D eigenvalue weighted by molar-refractivity contribution is 6.32. The van der Waals surface area contributed by atoms with E-state index in [1.165, 1.54) is 12.1 Å². The van der Waals surface area contributed by atoms with E-state index in [1.54, 1.807) is 0 Å². The van der Waals surface area contributed by atoms with Crippen LogP contribution in [0.4, 0.5) is 11.4 Å². The third-order valence-electron chi connectivity index (χ3n) is 3.17. The Kier molecular flexibility index (Phi) is 8.50. The van der Waals surface area contributed by atoms with E-state index in [1.807, 2.05) is 13.8 Å². The second-order valence-corrected chi connectivity index (χ2v) is 6.25. The number of nitrogens with one attached hydrogen (secondary N) is 2. The minimum absolute atomic E-state index is 0.0624. The zero-order valence-corrected chi connectivity index (χ0v) is 15.2. The molecule has 0 aliphatic rings. The molecular formula is C16H20ClN3O6. The topological polar surface area (TPSA) is 128 Å². The quantitative estimate of drug-likeness (QED) is 0.381. The summed E-state index contributed by atoms with van der Waals surface area (Å²) in [7, 11) is 0. The molecule has 0 fully saturated rings. The summed E-state index contributed by atoms with van der Waals surface area (Å²) in [5.74, 6) is -1.34. The van der Waals surface area contributed by atoms with Crippen molar-refractivity contribution in [2.24, 2.45) is 5.92 Å². The first-order chi connectivity index (χ1) is 12.2. The minimum Gasteiger partial charge on any atom is -0.454 e. The maximum atomic E-state index is 11.7. The Bertz CT molecular complexity index is 693. The number of nitro benzene ring substituents is 1. The van der Waals surface area contributed by atoms with Crippen LogP contribution in [0.1, 0.15) is 26.7 Å². The number of nitro groups is 1. The zero-order valence-electron chi connectivity index (χ0n) is 14.4. The molecule has 1 aromatic carbocycles. The molecule has 0 spiro atoms. The number of hydrogen-bond donors (Lipinski definition) is 2. The summed E-state index contributed by atoms with van der Waals surface area (Å²) in [6, 6.07) is 3.75. The average molecular weight is 386 g/mol. The van der Waals surface area contributed by atoms with E-state index in [9.17, 15) is 24.5 Å². The van der Waals surface area contributed by atoms with Crippen LogP contribution in [0.25, 0.3) is 0 Å². The van der Waals surface area contributed by atoms with E-state index in [-0.39, 0.29) is 28.8 Å². The molecule has 0 aliphatic heterocycles. The number of amides is 2. The van der Waals surface area contributed by atoms with Gasteiger partial charge < -0.3 is 15.4 Å². The monoisotopic (exact) mass is 385 g/mol. The van der Waals surface area contributed by atoms with Crippen LogP contribution >= 0.6 is 11.6 Å². The highest BCUT2D eigenvalue weighted by Gasteiger charge is 2.15. The van der Waals surface area contributed by atoms with Gasteiger partial charge in [0.25, 0.3) is 11.6 Å². The molecule has 1 aromatic rings. The second-order valence-electron chi connectivity index (χ2n) is 5.84. The molecule has 9 nitrogen and oxygen atoms in total. The normalized spacial score (nSPS) is 10.3. The first-order valence-electron chi connectivity index (χ1n) is 7.85. The van der Waals surface area contributed by atoms with Crippen molar-refractivity contribution in [2.45, 2.75) is 26.7 Å². The molecule has 26 heavy (non-hydrogen) atoms. The van der Waals surface area contributed by atoms with Gasteiger partial charge in [0.1, 0.15) is 11.6 Å². The van der Waals surface area contributed by atoms with E-state index in [0.717, 1.165) is 6.07 Å². The molecule has 0 heterocycles. The number of anilines is 1. The summed E-state index contributed by atoms with van der Waals surface area (Å²) in [6.07, 6.45) is 1.01. The fraction of sp³-hybridized carbons (Fsp3) is 0.438. The number of carbonyl (C=O) groups is 3. The molecule has 0 saturated heterocycles. The number of carbonyl (C=O) groups excluding carboxylic acids is 3. The van der Waals surface area contributed by atoms with Gasteiger partial charge in [-0.2, -0.15) is 0 Å². The number of benzene rings is 1. The lowest BCUT2D eigenvalue weighted by Gasteiger charge is -2.08. The van der Waals surface area contributed by atoms with E-state index >= 15 is 0 Å². The third-order valence-corrected chi connectivity index (χ3v) is 3.49. The summed E-state index contributed by atoms with van der Waals surface area (Å²) in [5.41, 5.74) is -0.213. The van der Waals surface area contributed by atoms with Crippen LogP contribution < -0.4 is 10.6 Å². The van der Waals surface area contributed by atoms with Crippen molar-refractivity contribution in [2.75, 3.05) is 18.5 Å². The van der Waals surface area contributed by atoms with Crippen LogP contribution in [0.3, 0.4) is 0 Å². The van der Waals surface area contributed by atoms with Crippen molar-refractivity contribution >= 4 is 40.8 Å². The molecule has 0 bridgehead atoms. The number of rotatable bonds is 9. The number of ether oxygens (including phenoxy) is 1. The molecule has 0 aromatic heterocycles. The summed E-state index contributed by atoms with van der Waals surface area (Å²) >= 11 is 5.67. The SMILES string of the molecule is CC(C)CCC(=O)NCC(=O)OCC(=O)Nc1ccc(Cl)c([N+](=O)[O-])c1. The van der Waals surface area contributed by atoms with Gasteiger partial charge in [-0.25, -0.2) is 0 Å². The fourth-order valence-corrected chi connectivity index (χ4v) is 1.99. The lowest BCUT2D eigenvalue weighted by atomic mass is 10.1. The number of nitrogens with zero attached hydrogens (tertiary/aromatic N) is 1. The molecule has 0 radical (unpaired) electrons. The summed E-state index contributed by atoms with van der Waals surface area (Å²) < 4.78 is 4.73. The van der Waals surface area contributed by atoms with Crippen LogP contribution in [-0.4, -0.2) is 35.9 Å². The Balaban J connectivity index is 2.38. The van der Waals surface area contributed by atoms with Gasteiger partial charge in [-0.3, -0.25) is 24.5 Å². The molecule has 2 N–H and O–H groups in total. The minimum atomic E-state index is -0.764. The maximum Gasteiger partial charge on any atom is 0.325 e. The predicted molar refractivity (Wildman–Crippen MR) is 94.8 cm³/mol. The van der Waals surface area contributed by atoms with Gasteiger partial charge in [0, 0.05) is 18.2 Å². The van der Waals surface area contributed by atoms with Gasteiger partial charge >= 0.3 is 5.97 Å². The van der Waals surface area contributed by atoms with E-state index in [4.69, 9.17) is 16.3 Å². The fourth-order valence-electron chi connectivity index (χ4n) is 1.80. The van der Waals surface area contributed by atoms with Crippen LogP contribution in [0.5, 0.6) is 0 Å². The van der Waals surface area contributed by atoms with Crippen molar-refractivity contribution in [3.63, 3.8) is 0 Å². The van der Waals surface area contributed by atoms with Crippen molar-refractivity contribution < 1.29 is 24.0 Å². The lowest BCUT2D eigenvalue weighted by molar-refractivity contribution is -0.384. The molecule has 0 saturated carbocycles. The Labute approximate surface area is 155 Å². The molecule has 1 rings (SSSR count). The Morgan fingerprint density at radius 3 is 2.58 bits per heavy atom. The third kappa shape index (κ3) is 7.93. The van der Waals surface area contributed by atoms with Gasteiger partial charge in [0.2, 0.25) is 5.91 Å². The smallest absolute Gasteiger partial charge is 0.325 e. The summed E-state index contributed by atoms with van der Waals surface area (Å²) in [5, 5.41) is 15.5. The average Bonchev–Trinajstić information content (AvgIpc) is 2.57. The van der Waals surface area contributed by atoms with Crippen LogP contribution in [0.2, 0.25) is 5.02 Å². The molecule has 0 aliphatic carbocycles. The van der Waals surface area contributed by atoms with E-state index in [0.29, 0.717) is 18.8 Å². The number of halogens is 1. The van der Waals surface area contributed by atoms with Gasteiger partial charge in [-0.05, 0) is 24.5 Å². The Morgan fingerprint density at radius 1 is 1.27 bits per heavy atom. The van der Waals surface area contributed by atoms with Crippen LogP contribution in [-0.2, 0) is 19.1 Å². The highest BCUT2D eigenvalue weighted by Crippen LogP contribution is 2.27. The van der Waals surface area contributed by atoms with Gasteiger partial charge in [-0.15, -0.1) is 0 Å². The summed E-state index contributed by atoms with van der Waals surface area (Å²) in [4.78, 5) is 44.8. The molecule has 2 amide bonds. The van der Waals surface area contributed by atoms with Crippen molar-refractivity contribution in [3.05, 3.63) is 33.3 Å². The first kappa shape index (κ1) is 21.4. The molecular weight excluding hydrogens is 366 g/mol. The highest BCUT2D eigenvalue weighted by atomic mass is 35.5. The lowest BCUT2D eigenvalue weighted by Crippen LogP contribution is -2.32. The maximum absolute atomic E-state index is 11.7. The van der Waals surface area contributed by atoms with Gasteiger partial charge in [-0.1, -0.05) is 25.4 Å². The standard InChI is InChI=1S/C16H20ClN3O6/c1-10(2)3-6-14(21)18-8-16(23)26-9-15(22)19-11-4-5-12(17)13(7-11)20(24)25/h4-5,7,10H,3,6,8-9H2,1-2H3,(H,18,21)(H,19,22). The first-order valence-corrected chi connectivity index (χ1v) is 8.23. The second kappa shape index (κ2) is 10.3. The van der Waals surface area contributed by atoms with Crippen molar-refractivity contribution in [1.29, 1.82) is 0 Å². The molecule has 0 unspecified atom stereocenters. The van der Waals surface area contributed by atoms with E-state index < -0.39 is 23.4 Å². The molecule has 10 heteroatoms. The number of hydrogen-bond acceptors (Lipinski definition) is 6. The Morgan fingerprint density at radius 2 is 1.96 bits per heavy atom. The molecule has 142 valence electrons. The van der Waals surface area contributed by atoms with Crippen LogP contribution in [0.15, 0.2) is 18.2 Å². The predicted octanol–water partition coefficient (Wildman–Crippen LogP) is 2.28. The Hall–Kier alpha value is -2.68. The molecule has 0 atom stereocenters.